The van der Waals surface area contributed by atoms with E-state index in [1.807, 2.05) is 12.1 Å². The van der Waals surface area contributed by atoms with E-state index in [2.05, 4.69) is 10.8 Å². The number of esters is 2. The number of thiophene rings is 1. The van der Waals surface area contributed by atoms with E-state index in [0.717, 1.165) is 21.5 Å². The fourth-order valence-electron chi connectivity index (χ4n) is 2.53. The molecule has 0 saturated heterocycles. The predicted molar refractivity (Wildman–Crippen MR) is 91.2 cm³/mol. The monoisotopic (exact) mass is 328 g/mol. The third kappa shape index (κ3) is 2.92. The summed E-state index contributed by atoms with van der Waals surface area (Å²) >= 11 is 1.62. The molecular weight excluding hydrogens is 312 g/mol. The zero-order valence-electron chi connectivity index (χ0n) is 12.9. The lowest BCUT2D eigenvalue weighted by Crippen LogP contribution is -2.14. The molecule has 0 N–H and O–H groups in total. The molecule has 0 spiro atoms. The lowest BCUT2D eigenvalue weighted by molar-refractivity contribution is 0.0479. The topological polar surface area (TPSA) is 52.6 Å². The minimum Gasteiger partial charge on any atom is -0.462 e. The van der Waals surface area contributed by atoms with Gasteiger partial charge in [-0.25, -0.2) is 9.59 Å². The van der Waals surface area contributed by atoms with Gasteiger partial charge in [0.05, 0.1) is 24.3 Å². The third-order valence-corrected chi connectivity index (χ3v) is 4.34. The van der Waals surface area contributed by atoms with E-state index >= 15 is 0 Å². The molecule has 3 rings (SSSR count). The Hall–Kier alpha value is -2.40. The largest absolute Gasteiger partial charge is 0.462 e. The van der Waals surface area contributed by atoms with E-state index in [9.17, 15) is 9.59 Å². The molecule has 4 nitrogen and oxygen atoms in total. The predicted octanol–water partition coefficient (Wildman–Crippen LogP) is 4.41. The molecule has 0 aliphatic rings. The summed E-state index contributed by atoms with van der Waals surface area (Å²) in [6.07, 6.45) is 0. The van der Waals surface area contributed by atoms with Gasteiger partial charge in [0.15, 0.2) is 0 Å². The molecule has 0 amide bonds. The van der Waals surface area contributed by atoms with Crippen LogP contribution in [0.1, 0.15) is 34.6 Å². The van der Waals surface area contributed by atoms with E-state index < -0.39 is 11.9 Å². The number of benzene rings is 2. The van der Waals surface area contributed by atoms with Crippen molar-refractivity contribution in [1.29, 1.82) is 0 Å². The third-order valence-electron chi connectivity index (χ3n) is 3.56. The lowest BCUT2D eigenvalue weighted by atomic mass is 9.99. The smallest absolute Gasteiger partial charge is 0.339 e. The first-order chi connectivity index (χ1) is 11.1. The van der Waals surface area contributed by atoms with E-state index in [-0.39, 0.29) is 24.3 Å². The van der Waals surface area contributed by atoms with E-state index in [4.69, 9.17) is 9.47 Å². The number of ether oxygens (including phenoxy) is 2. The Morgan fingerprint density at radius 1 is 0.783 bits per heavy atom. The molecule has 0 aliphatic carbocycles. The van der Waals surface area contributed by atoms with Crippen molar-refractivity contribution < 1.29 is 19.1 Å². The van der Waals surface area contributed by atoms with Crippen molar-refractivity contribution in [2.24, 2.45) is 0 Å². The van der Waals surface area contributed by atoms with Gasteiger partial charge in [-0.3, -0.25) is 0 Å². The highest BCUT2D eigenvalue weighted by Gasteiger charge is 2.20. The normalized spacial score (nSPS) is 10.9. The molecule has 1 heterocycles. The van der Waals surface area contributed by atoms with Gasteiger partial charge < -0.3 is 9.47 Å². The van der Waals surface area contributed by atoms with E-state index in [0.29, 0.717) is 0 Å². The van der Waals surface area contributed by atoms with Gasteiger partial charge in [0, 0.05) is 0 Å². The van der Waals surface area contributed by atoms with Gasteiger partial charge in [0.25, 0.3) is 0 Å². The highest BCUT2D eigenvalue weighted by molar-refractivity contribution is 7.09. The lowest BCUT2D eigenvalue weighted by Gasteiger charge is -2.10. The van der Waals surface area contributed by atoms with E-state index in [1.165, 1.54) is 0 Å². The summed E-state index contributed by atoms with van der Waals surface area (Å²) in [7, 11) is 0. The van der Waals surface area contributed by atoms with Crippen molar-refractivity contribution in [1.82, 2.24) is 0 Å². The van der Waals surface area contributed by atoms with Gasteiger partial charge in [0.2, 0.25) is 0 Å². The summed E-state index contributed by atoms with van der Waals surface area (Å²) in [5, 5.41) is 8.12. The van der Waals surface area contributed by atoms with Crippen LogP contribution in [0, 0.1) is 0 Å². The molecule has 0 fully saturated rings. The molecule has 0 saturated carbocycles. The highest BCUT2D eigenvalue weighted by Crippen LogP contribution is 2.28. The summed E-state index contributed by atoms with van der Waals surface area (Å²) in [6, 6.07) is 7.44. The number of carbonyl (C=O) groups is 2. The maximum atomic E-state index is 12.2. The van der Waals surface area contributed by atoms with Crippen LogP contribution in [0.4, 0.5) is 0 Å². The van der Waals surface area contributed by atoms with Crippen LogP contribution < -0.4 is 0 Å². The number of hydrogen-bond acceptors (Lipinski definition) is 5. The van der Waals surface area contributed by atoms with E-state index in [1.54, 1.807) is 37.3 Å². The van der Waals surface area contributed by atoms with Gasteiger partial charge in [0.1, 0.15) is 0 Å². The van der Waals surface area contributed by atoms with Crippen LogP contribution in [0.5, 0.6) is 0 Å². The van der Waals surface area contributed by atoms with Gasteiger partial charge in [-0.1, -0.05) is 0 Å². The molecule has 2 aromatic carbocycles. The second-order valence-electron chi connectivity index (χ2n) is 5.04. The maximum Gasteiger partial charge on any atom is 0.339 e. The second kappa shape index (κ2) is 6.38. The van der Waals surface area contributed by atoms with Crippen molar-refractivity contribution in [3.8, 4) is 0 Å². The molecule has 118 valence electrons. The van der Waals surface area contributed by atoms with Crippen LogP contribution in [0.2, 0.25) is 0 Å². The standard InChI is InChI=1S/C18H16O4S/c1-3-21-17(19)15-7-11-5-13-9-23-10-14(13)6-12(11)8-16(15)18(20)22-4-2/h5-10H,3-4H2,1-2H3. The van der Waals surface area contributed by atoms with Crippen molar-refractivity contribution in [2.75, 3.05) is 13.2 Å². The van der Waals surface area contributed by atoms with Gasteiger partial charge >= 0.3 is 11.9 Å². The van der Waals surface area contributed by atoms with Crippen molar-refractivity contribution >= 4 is 44.8 Å². The number of fused-ring (bicyclic) bond motifs is 2. The van der Waals surface area contributed by atoms with Gasteiger partial charge in [-0.05, 0) is 70.4 Å². The molecule has 23 heavy (non-hydrogen) atoms. The summed E-state index contributed by atoms with van der Waals surface area (Å²) in [5.74, 6) is -1.02. The average molecular weight is 328 g/mol. The molecular formula is C18H16O4S. The first kappa shape index (κ1) is 15.5. The Morgan fingerprint density at radius 3 is 1.61 bits per heavy atom. The van der Waals surface area contributed by atoms with Crippen molar-refractivity contribution in [3.05, 3.63) is 46.2 Å². The number of hydrogen-bond donors (Lipinski definition) is 0. The quantitative estimate of drug-likeness (QED) is 0.666. The minimum atomic E-state index is -0.511. The first-order valence-corrected chi connectivity index (χ1v) is 8.36. The molecule has 0 bridgehead atoms. The number of rotatable bonds is 4. The minimum absolute atomic E-state index is 0.243. The molecule has 0 radical (unpaired) electrons. The van der Waals surface area contributed by atoms with Crippen LogP contribution >= 0.6 is 11.3 Å². The Morgan fingerprint density at radius 2 is 1.22 bits per heavy atom. The summed E-state index contributed by atoms with van der Waals surface area (Å²) in [5.41, 5.74) is 0.486. The molecule has 3 aromatic rings. The average Bonchev–Trinajstić information content (AvgIpc) is 2.99. The van der Waals surface area contributed by atoms with Gasteiger partial charge in [-0.15, -0.1) is 0 Å². The van der Waals surface area contributed by atoms with Crippen LogP contribution in [-0.4, -0.2) is 25.2 Å². The maximum absolute atomic E-state index is 12.2. The van der Waals surface area contributed by atoms with Gasteiger partial charge in [-0.2, -0.15) is 11.3 Å². The Kier molecular flexibility index (Phi) is 4.30. The summed E-state index contributed by atoms with van der Waals surface area (Å²) in [6.45, 7) is 3.97. The molecule has 1 aromatic heterocycles. The van der Waals surface area contributed by atoms with Crippen molar-refractivity contribution in [3.63, 3.8) is 0 Å². The highest BCUT2D eigenvalue weighted by atomic mass is 32.1. The molecule has 0 aliphatic heterocycles. The second-order valence-corrected chi connectivity index (χ2v) is 5.78. The summed E-state index contributed by atoms with van der Waals surface area (Å²) in [4.78, 5) is 24.4. The molecule has 0 unspecified atom stereocenters. The van der Waals surface area contributed by atoms with Crippen LogP contribution in [0.3, 0.4) is 0 Å². The van der Waals surface area contributed by atoms with Crippen LogP contribution in [-0.2, 0) is 9.47 Å². The zero-order valence-corrected chi connectivity index (χ0v) is 13.7. The zero-order chi connectivity index (χ0) is 16.4. The molecule has 0 atom stereocenters. The molecule has 5 heteroatoms. The fraction of sp³-hybridized carbons (Fsp3) is 0.222. The Balaban J connectivity index is 2.22. The first-order valence-electron chi connectivity index (χ1n) is 7.42. The summed E-state index contributed by atoms with van der Waals surface area (Å²) < 4.78 is 10.1. The van der Waals surface area contributed by atoms with Crippen LogP contribution in [0.15, 0.2) is 35.0 Å². The Labute approximate surface area is 137 Å². The fourth-order valence-corrected chi connectivity index (χ4v) is 3.29. The number of carbonyl (C=O) groups excluding carboxylic acids is 2. The van der Waals surface area contributed by atoms with Crippen LogP contribution in [0.25, 0.3) is 21.5 Å². The SMILES string of the molecule is CCOC(=O)c1cc2cc3cscc3cc2cc1C(=O)OCC. The van der Waals surface area contributed by atoms with Crippen molar-refractivity contribution in [2.45, 2.75) is 13.8 Å². The Bertz CT molecular complexity index is 823.